The summed E-state index contributed by atoms with van der Waals surface area (Å²) < 4.78 is 26.3. The highest BCUT2D eigenvalue weighted by Crippen LogP contribution is 2.18. The van der Waals surface area contributed by atoms with Gasteiger partial charge in [0.05, 0.1) is 0 Å². The van der Waals surface area contributed by atoms with E-state index in [-0.39, 0.29) is 17.6 Å². The molecule has 0 amide bonds. The third-order valence-corrected chi connectivity index (χ3v) is 2.81. The van der Waals surface area contributed by atoms with Crippen LogP contribution in [0, 0.1) is 11.6 Å². The van der Waals surface area contributed by atoms with Crippen molar-refractivity contribution in [2.75, 3.05) is 29.0 Å². The predicted molar refractivity (Wildman–Crippen MR) is 77.4 cm³/mol. The molecule has 2 aromatic rings. The lowest BCUT2D eigenvalue weighted by Crippen LogP contribution is -2.25. The average molecular weight is 294 g/mol. The highest BCUT2D eigenvalue weighted by atomic mass is 19.1. The van der Waals surface area contributed by atoms with Gasteiger partial charge in [-0.1, -0.05) is 0 Å². The molecule has 1 aromatic carbocycles. The lowest BCUT2D eigenvalue weighted by Gasteiger charge is -2.19. The van der Waals surface area contributed by atoms with Gasteiger partial charge in [0.25, 0.3) is 0 Å². The number of hydrogen-bond donors (Lipinski definition) is 2. The first-order valence-corrected chi connectivity index (χ1v) is 6.51. The Kier molecular flexibility index (Phi) is 4.46. The molecule has 0 aliphatic heterocycles. The molecule has 0 aliphatic rings. The number of nitrogens with zero attached hydrogens (tertiary/aromatic N) is 4. The summed E-state index contributed by atoms with van der Waals surface area (Å²) in [6.07, 6.45) is 0. The van der Waals surface area contributed by atoms with E-state index in [0.29, 0.717) is 19.0 Å². The SMILES string of the molecule is CCN(CC)c1nc(N)nc(Nc2cc(F)cc(F)c2)n1. The summed E-state index contributed by atoms with van der Waals surface area (Å²) in [5, 5.41) is 2.72. The minimum absolute atomic E-state index is 0.0336. The Hall–Kier alpha value is -2.51. The van der Waals surface area contributed by atoms with Gasteiger partial charge >= 0.3 is 0 Å². The van der Waals surface area contributed by atoms with Gasteiger partial charge < -0.3 is 16.0 Å². The lowest BCUT2D eigenvalue weighted by molar-refractivity contribution is 0.584. The van der Waals surface area contributed by atoms with Gasteiger partial charge in [-0.3, -0.25) is 0 Å². The van der Waals surface area contributed by atoms with Crippen molar-refractivity contribution in [3.8, 4) is 0 Å². The zero-order valence-electron chi connectivity index (χ0n) is 11.8. The van der Waals surface area contributed by atoms with E-state index in [9.17, 15) is 8.78 Å². The summed E-state index contributed by atoms with van der Waals surface area (Å²) in [5.41, 5.74) is 5.84. The number of hydrogen-bond acceptors (Lipinski definition) is 6. The Labute approximate surface area is 121 Å². The van der Waals surface area contributed by atoms with E-state index >= 15 is 0 Å². The monoisotopic (exact) mass is 294 g/mol. The second-order valence-corrected chi connectivity index (χ2v) is 4.27. The lowest BCUT2D eigenvalue weighted by atomic mass is 10.3. The van der Waals surface area contributed by atoms with Crippen LogP contribution in [-0.2, 0) is 0 Å². The summed E-state index contributed by atoms with van der Waals surface area (Å²) in [7, 11) is 0. The van der Waals surface area contributed by atoms with Crippen LogP contribution < -0.4 is 16.0 Å². The fourth-order valence-electron chi connectivity index (χ4n) is 1.84. The Balaban J connectivity index is 2.31. The average Bonchev–Trinajstić information content (AvgIpc) is 2.38. The van der Waals surface area contributed by atoms with Crippen molar-refractivity contribution in [1.29, 1.82) is 0 Å². The van der Waals surface area contributed by atoms with Gasteiger partial charge in [-0.05, 0) is 26.0 Å². The fourth-order valence-corrected chi connectivity index (χ4v) is 1.84. The number of halogens is 2. The minimum Gasteiger partial charge on any atom is -0.368 e. The first-order chi connectivity index (χ1) is 10.0. The Morgan fingerprint density at radius 2 is 1.67 bits per heavy atom. The van der Waals surface area contributed by atoms with Gasteiger partial charge in [0, 0.05) is 24.8 Å². The van der Waals surface area contributed by atoms with Crippen LogP contribution in [0.3, 0.4) is 0 Å². The van der Waals surface area contributed by atoms with Crippen LogP contribution in [0.4, 0.5) is 32.3 Å². The van der Waals surface area contributed by atoms with E-state index in [1.807, 2.05) is 18.7 Å². The van der Waals surface area contributed by atoms with Gasteiger partial charge in [0.1, 0.15) is 11.6 Å². The number of nitrogens with one attached hydrogen (secondary N) is 1. The second kappa shape index (κ2) is 6.29. The van der Waals surface area contributed by atoms with Crippen molar-refractivity contribution in [1.82, 2.24) is 15.0 Å². The Bertz CT molecular complexity index is 610. The number of benzene rings is 1. The summed E-state index contributed by atoms with van der Waals surface area (Å²) in [6, 6.07) is 3.06. The van der Waals surface area contributed by atoms with Crippen molar-refractivity contribution in [3.05, 3.63) is 29.8 Å². The molecule has 6 nitrogen and oxygen atoms in total. The first kappa shape index (κ1) is 14.9. The molecule has 8 heteroatoms. The largest absolute Gasteiger partial charge is 0.368 e. The molecule has 0 saturated carbocycles. The number of rotatable bonds is 5. The van der Waals surface area contributed by atoms with Crippen molar-refractivity contribution in [2.24, 2.45) is 0 Å². The van der Waals surface area contributed by atoms with Gasteiger partial charge in [-0.25, -0.2) is 8.78 Å². The second-order valence-electron chi connectivity index (χ2n) is 4.27. The molecule has 21 heavy (non-hydrogen) atoms. The van der Waals surface area contributed by atoms with Crippen LogP contribution in [0.25, 0.3) is 0 Å². The number of anilines is 4. The molecule has 2 rings (SSSR count). The molecule has 0 unspecified atom stereocenters. The maximum Gasteiger partial charge on any atom is 0.233 e. The minimum atomic E-state index is -0.691. The quantitative estimate of drug-likeness (QED) is 0.881. The highest BCUT2D eigenvalue weighted by Gasteiger charge is 2.10. The van der Waals surface area contributed by atoms with Crippen LogP contribution in [0.1, 0.15) is 13.8 Å². The Morgan fingerprint density at radius 1 is 1.05 bits per heavy atom. The van der Waals surface area contributed by atoms with Crippen LogP contribution in [0.5, 0.6) is 0 Å². The molecule has 0 bridgehead atoms. The van der Waals surface area contributed by atoms with Crippen molar-refractivity contribution in [3.63, 3.8) is 0 Å². The zero-order chi connectivity index (χ0) is 15.4. The number of aromatic nitrogens is 3. The maximum absolute atomic E-state index is 13.2. The molecule has 0 saturated heterocycles. The van der Waals surface area contributed by atoms with E-state index in [4.69, 9.17) is 5.73 Å². The first-order valence-electron chi connectivity index (χ1n) is 6.51. The molecule has 3 N–H and O–H groups in total. The van der Waals surface area contributed by atoms with Gasteiger partial charge in [-0.15, -0.1) is 0 Å². The molecular weight excluding hydrogens is 278 g/mol. The number of nitrogen functional groups attached to an aromatic ring is 1. The molecule has 0 fully saturated rings. The molecular formula is C13H16F2N6. The van der Waals surface area contributed by atoms with E-state index < -0.39 is 11.6 Å². The number of nitrogens with two attached hydrogens (primary N) is 1. The third-order valence-electron chi connectivity index (χ3n) is 2.81. The Morgan fingerprint density at radius 3 is 2.24 bits per heavy atom. The molecule has 112 valence electrons. The van der Waals surface area contributed by atoms with Crippen molar-refractivity contribution in [2.45, 2.75) is 13.8 Å². The molecule has 0 radical (unpaired) electrons. The highest BCUT2D eigenvalue weighted by molar-refractivity contribution is 5.55. The normalized spacial score (nSPS) is 10.5. The van der Waals surface area contributed by atoms with Crippen LogP contribution in [0.15, 0.2) is 18.2 Å². The molecule has 0 aliphatic carbocycles. The smallest absolute Gasteiger partial charge is 0.233 e. The van der Waals surface area contributed by atoms with Gasteiger partial charge in [0.15, 0.2) is 0 Å². The summed E-state index contributed by atoms with van der Waals surface area (Å²) in [5.74, 6) is -0.806. The summed E-state index contributed by atoms with van der Waals surface area (Å²) in [6.45, 7) is 5.32. The summed E-state index contributed by atoms with van der Waals surface area (Å²) in [4.78, 5) is 14.0. The van der Waals surface area contributed by atoms with Crippen LogP contribution >= 0.6 is 0 Å². The van der Waals surface area contributed by atoms with Crippen LogP contribution in [0.2, 0.25) is 0 Å². The predicted octanol–water partition coefficient (Wildman–Crippen LogP) is 2.32. The van der Waals surface area contributed by atoms with Crippen LogP contribution in [-0.4, -0.2) is 28.0 Å². The fraction of sp³-hybridized carbons (Fsp3) is 0.308. The molecule has 0 atom stereocenters. The van der Waals surface area contributed by atoms with Crippen molar-refractivity contribution < 1.29 is 8.78 Å². The standard InChI is InChI=1S/C13H16F2N6/c1-3-21(4-2)13-19-11(16)18-12(20-13)17-10-6-8(14)5-9(15)7-10/h5-7H,3-4H2,1-2H3,(H3,16,17,18,19,20). The maximum atomic E-state index is 13.2. The summed E-state index contributed by atoms with van der Waals surface area (Å²) >= 11 is 0. The van der Waals surface area contributed by atoms with E-state index in [0.717, 1.165) is 18.2 Å². The van der Waals surface area contributed by atoms with Gasteiger partial charge in [-0.2, -0.15) is 15.0 Å². The van der Waals surface area contributed by atoms with Gasteiger partial charge in [0.2, 0.25) is 17.8 Å². The van der Waals surface area contributed by atoms with Crippen molar-refractivity contribution >= 4 is 23.5 Å². The van der Waals surface area contributed by atoms with E-state index in [1.54, 1.807) is 0 Å². The molecule has 1 heterocycles. The van der Waals surface area contributed by atoms with E-state index in [1.165, 1.54) is 0 Å². The van der Waals surface area contributed by atoms with E-state index in [2.05, 4.69) is 20.3 Å². The molecule has 0 spiro atoms. The molecule has 1 aromatic heterocycles. The topological polar surface area (TPSA) is 80.0 Å². The zero-order valence-corrected chi connectivity index (χ0v) is 11.8. The third kappa shape index (κ3) is 3.74.